The maximum atomic E-state index is 13.4. The van der Waals surface area contributed by atoms with Crippen molar-refractivity contribution in [2.24, 2.45) is 0 Å². The van der Waals surface area contributed by atoms with Crippen LogP contribution in [0.15, 0.2) is 71.6 Å². The van der Waals surface area contributed by atoms with Gasteiger partial charge in [0.05, 0.1) is 14.2 Å². The zero-order valence-corrected chi connectivity index (χ0v) is 24.1. The average Bonchev–Trinajstić information content (AvgIpc) is 2.95. The summed E-state index contributed by atoms with van der Waals surface area (Å²) in [5.41, 5.74) is 3.54. The molecule has 1 heterocycles. The Hall–Kier alpha value is -2.90. The molecule has 3 aromatic rings. The summed E-state index contributed by atoms with van der Waals surface area (Å²) in [5, 5.41) is 0. The van der Waals surface area contributed by atoms with Crippen molar-refractivity contribution in [3.05, 3.63) is 78.1 Å². The van der Waals surface area contributed by atoms with Gasteiger partial charge in [0, 0.05) is 56.0 Å². The first-order valence-corrected chi connectivity index (χ1v) is 13.8. The lowest BCUT2D eigenvalue weighted by molar-refractivity contribution is 0.249. The Bertz CT molecular complexity index is 1060. The van der Waals surface area contributed by atoms with Gasteiger partial charge in [0.2, 0.25) is 0 Å². The summed E-state index contributed by atoms with van der Waals surface area (Å²) < 4.78 is 26.3. The first-order valence-electron chi connectivity index (χ1n) is 13.0. The number of methoxy groups -OCH3 is 2. The molecule has 1 aliphatic heterocycles. The van der Waals surface area contributed by atoms with Gasteiger partial charge in [0.15, 0.2) is 11.5 Å². The maximum Gasteiger partial charge on any atom is 0.161 e. The summed E-state index contributed by atoms with van der Waals surface area (Å²) in [6, 6.07) is 21.4. The second-order valence-electron chi connectivity index (χ2n) is 8.02. The van der Waals surface area contributed by atoms with Crippen LogP contribution in [0.2, 0.25) is 0 Å². The van der Waals surface area contributed by atoms with Crippen molar-refractivity contribution in [1.29, 1.82) is 0 Å². The smallest absolute Gasteiger partial charge is 0.161 e. The largest absolute Gasteiger partial charge is 0.493 e. The molecule has 0 aliphatic carbocycles. The predicted molar refractivity (Wildman–Crippen MR) is 157 cm³/mol. The third-order valence-corrected chi connectivity index (χ3v) is 6.79. The second kappa shape index (κ2) is 16.0. The SMILES string of the molecule is CC.CC.COc1ccc(CN2CCN(c3ccc(N(C)Sc4cccc(F)c4)cc3)CC2)cc1OC. The molecule has 0 N–H and O–H groups in total. The first-order chi connectivity index (χ1) is 18.1. The van der Waals surface area contributed by atoms with Crippen LogP contribution in [0.25, 0.3) is 0 Å². The van der Waals surface area contributed by atoms with Crippen molar-refractivity contribution < 1.29 is 13.9 Å². The molecule has 0 radical (unpaired) electrons. The van der Waals surface area contributed by atoms with Crippen molar-refractivity contribution in [3.8, 4) is 11.5 Å². The highest BCUT2D eigenvalue weighted by molar-refractivity contribution is 8.00. The van der Waals surface area contributed by atoms with Gasteiger partial charge in [-0.1, -0.05) is 39.8 Å². The highest BCUT2D eigenvalue weighted by atomic mass is 32.2. The van der Waals surface area contributed by atoms with E-state index in [0.29, 0.717) is 0 Å². The minimum absolute atomic E-state index is 0.214. The van der Waals surface area contributed by atoms with Gasteiger partial charge in [0.25, 0.3) is 0 Å². The lowest BCUT2D eigenvalue weighted by atomic mass is 10.1. The molecule has 0 amide bonds. The molecular formula is C30H42FN3O2S. The van der Waals surface area contributed by atoms with Crippen LogP contribution in [-0.2, 0) is 6.54 Å². The fraction of sp³-hybridized carbons (Fsp3) is 0.400. The molecule has 0 bridgehead atoms. The standard InChI is InChI=1S/C26H30FN3O2S.2C2H6/c1-28(33-24-6-4-5-21(27)18-24)22-8-10-23(11-9-22)30-15-13-29(14-16-30)19-20-7-12-25(31-2)26(17-20)32-3;2*1-2/h4-12,17-18H,13-16,19H2,1-3H3;2*1-2H3. The zero-order valence-electron chi connectivity index (χ0n) is 23.3. The predicted octanol–water partition coefficient (Wildman–Crippen LogP) is 7.36. The normalized spacial score (nSPS) is 13.0. The van der Waals surface area contributed by atoms with Crippen LogP contribution in [-0.4, -0.2) is 52.3 Å². The molecule has 7 heteroatoms. The van der Waals surface area contributed by atoms with E-state index in [9.17, 15) is 4.39 Å². The average molecular weight is 528 g/mol. The lowest BCUT2D eigenvalue weighted by Crippen LogP contribution is -2.45. The van der Waals surface area contributed by atoms with E-state index < -0.39 is 0 Å². The topological polar surface area (TPSA) is 28.2 Å². The molecule has 0 spiro atoms. The number of hydrogen-bond donors (Lipinski definition) is 0. The van der Waals surface area contributed by atoms with Gasteiger partial charge >= 0.3 is 0 Å². The molecule has 1 aliphatic rings. The number of nitrogens with zero attached hydrogens (tertiary/aromatic N) is 3. The Morgan fingerprint density at radius 1 is 0.811 bits per heavy atom. The van der Waals surface area contributed by atoms with E-state index in [4.69, 9.17) is 9.47 Å². The van der Waals surface area contributed by atoms with E-state index in [0.717, 1.165) is 54.8 Å². The Morgan fingerprint density at radius 2 is 1.46 bits per heavy atom. The monoisotopic (exact) mass is 527 g/mol. The Balaban J connectivity index is 0.00000115. The van der Waals surface area contributed by atoms with Gasteiger partial charge < -0.3 is 18.7 Å². The minimum atomic E-state index is -0.214. The summed E-state index contributed by atoms with van der Waals surface area (Å²) in [6.45, 7) is 12.9. The van der Waals surface area contributed by atoms with E-state index in [1.54, 1.807) is 26.4 Å². The molecule has 1 saturated heterocycles. The van der Waals surface area contributed by atoms with Gasteiger partial charge in [0.1, 0.15) is 5.82 Å². The van der Waals surface area contributed by atoms with Crippen LogP contribution >= 0.6 is 11.9 Å². The minimum Gasteiger partial charge on any atom is -0.493 e. The number of ether oxygens (including phenoxy) is 2. The van der Waals surface area contributed by atoms with Gasteiger partial charge in [-0.25, -0.2) is 4.39 Å². The van der Waals surface area contributed by atoms with Crippen LogP contribution < -0.4 is 18.7 Å². The van der Waals surface area contributed by atoms with E-state index in [1.807, 2.05) is 46.9 Å². The van der Waals surface area contributed by atoms with Crippen molar-refractivity contribution in [2.75, 3.05) is 56.7 Å². The third kappa shape index (κ3) is 8.86. The van der Waals surface area contributed by atoms with Crippen LogP contribution in [0, 0.1) is 5.82 Å². The Kier molecular flexibility index (Phi) is 13.2. The summed E-state index contributed by atoms with van der Waals surface area (Å²) >= 11 is 1.51. The summed E-state index contributed by atoms with van der Waals surface area (Å²) in [6.07, 6.45) is 0. The van der Waals surface area contributed by atoms with E-state index in [2.05, 4.69) is 50.5 Å². The van der Waals surface area contributed by atoms with Gasteiger partial charge in [-0.3, -0.25) is 4.90 Å². The molecular weight excluding hydrogens is 485 g/mol. The van der Waals surface area contributed by atoms with Crippen LogP contribution in [0.4, 0.5) is 15.8 Å². The van der Waals surface area contributed by atoms with Crippen molar-refractivity contribution in [2.45, 2.75) is 39.1 Å². The van der Waals surface area contributed by atoms with E-state index >= 15 is 0 Å². The number of piperazine rings is 1. The van der Waals surface area contributed by atoms with Gasteiger partial charge in [-0.15, -0.1) is 0 Å². The molecule has 5 nitrogen and oxygen atoms in total. The molecule has 37 heavy (non-hydrogen) atoms. The van der Waals surface area contributed by atoms with E-state index in [1.165, 1.54) is 29.3 Å². The van der Waals surface area contributed by atoms with Crippen molar-refractivity contribution in [3.63, 3.8) is 0 Å². The quantitative estimate of drug-likeness (QED) is 0.284. The zero-order chi connectivity index (χ0) is 27.2. The molecule has 0 atom stereocenters. The second-order valence-corrected chi connectivity index (χ2v) is 9.22. The van der Waals surface area contributed by atoms with Gasteiger partial charge in [-0.05, 0) is 72.1 Å². The van der Waals surface area contributed by atoms with Crippen LogP contribution in [0.5, 0.6) is 11.5 Å². The number of anilines is 2. The summed E-state index contributed by atoms with van der Waals surface area (Å²) in [4.78, 5) is 5.77. The van der Waals surface area contributed by atoms with E-state index in [-0.39, 0.29) is 5.82 Å². The number of rotatable bonds is 8. The Morgan fingerprint density at radius 3 is 2.05 bits per heavy atom. The number of halogens is 1. The molecule has 1 fully saturated rings. The molecule has 0 saturated carbocycles. The molecule has 4 rings (SSSR count). The number of hydrogen-bond acceptors (Lipinski definition) is 6. The first kappa shape index (κ1) is 30.3. The maximum absolute atomic E-state index is 13.4. The fourth-order valence-corrected chi connectivity index (χ4v) is 4.86. The number of benzene rings is 3. The molecule has 0 unspecified atom stereocenters. The third-order valence-electron chi connectivity index (χ3n) is 5.84. The molecule has 202 valence electrons. The lowest BCUT2D eigenvalue weighted by Gasteiger charge is -2.36. The Labute approximate surface area is 227 Å². The summed E-state index contributed by atoms with van der Waals surface area (Å²) in [5.74, 6) is 1.32. The van der Waals surface area contributed by atoms with Crippen molar-refractivity contribution in [1.82, 2.24) is 4.90 Å². The van der Waals surface area contributed by atoms with Crippen LogP contribution in [0.1, 0.15) is 33.3 Å². The highest BCUT2D eigenvalue weighted by Gasteiger charge is 2.18. The molecule has 3 aromatic carbocycles. The molecule has 0 aromatic heterocycles. The van der Waals surface area contributed by atoms with Gasteiger partial charge in [-0.2, -0.15) is 0 Å². The summed E-state index contributed by atoms with van der Waals surface area (Å²) in [7, 11) is 5.33. The fourth-order valence-electron chi connectivity index (χ4n) is 4.01. The highest BCUT2D eigenvalue weighted by Crippen LogP contribution is 2.30. The van der Waals surface area contributed by atoms with Crippen molar-refractivity contribution >= 4 is 23.3 Å². The van der Waals surface area contributed by atoms with Crippen LogP contribution in [0.3, 0.4) is 0 Å².